The van der Waals surface area contributed by atoms with Crippen molar-refractivity contribution in [1.82, 2.24) is 4.98 Å². The summed E-state index contributed by atoms with van der Waals surface area (Å²) in [6, 6.07) is 36.9. The summed E-state index contributed by atoms with van der Waals surface area (Å²) in [7, 11) is 0. The molecule has 0 fully saturated rings. The summed E-state index contributed by atoms with van der Waals surface area (Å²) in [5, 5.41) is 10.6. The molecule has 2 nitrogen and oxygen atoms in total. The van der Waals surface area contributed by atoms with Crippen LogP contribution in [0.15, 0.2) is 109 Å². The van der Waals surface area contributed by atoms with Crippen LogP contribution >= 0.6 is 0 Å². The highest BCUT2D eigenvalue weighted by atomic mass is 16.3. The van der Waals surface area contributed by atoms with Crippen LogP contribution in [0, 0.1) is 13.8 Å². The smallest absolute Gasteiger partial charge is 0.123 e. The molecule has 0 unspecified atom stereocenters. The lowest BCUT2D eigenvalue weighted by Gasteiger charge is -2.14. The number of rotatable bonds is 4. The Kier molecular flexibility index (Phi) is 5.50. The normalized spacial score (nSPS) is 10.8. The quantitative estimate of drug-likeness (QED) is 0.314. The first-order valence-electron chi connectivity index (χ1n) is 11.1. The Hall–Kier alpha value is -4.17. The summed E-state index contributed by atoms with van der Waals surface area (Å²) in [4.78, 5) is 5.08. The number of hydrogen-bond donors (Lipinski definition) is 1. The maximum Gasteiger partial charge on any atom is 0.123 e. The molecule has 0 amide bonds. The predicted octanol–water partition coefficient (Wildman–Crippen LogP) is 8.07. The highest BCUT2D eigenvalue weighted by molar-refractivity contribution is 5.87. The molecule has 1 N–H and O–H groups in total. The van der Waals surface area contributed by atoms with Gasteiger partial charge < -0.3 is 5.11 Å². The van der Waals surface area contributed by atoms with Crippen LogP contribution in [0.3, 0.4) is 0 Å². The van der Waals surface area contributed by atoms with Crippen molar-refractivity contribution in [3.8, 4) is 50.5 Å². The molecule has 1 aromatic heterocycles. The molecule has 0 aliphatic heterocycles. The molecule has 5 rings (SSSR count). The van der Waals surface area contributed by atoms with Crippen molar-refractivity contribution in [2.45, 2.75) is 13.8 Å². The SMILES string of the molecule is Cc1cccc(-c2ccccc2-c2cccc(-c3ccccc3-c3cc(C)ccc3O)n2)c1. The lowest BCUT2D eigenvalue weighted by Crippen LogP contribution is -1.93. The van der Waals surface area contributed by atoms with E-state index in [1.807, 2.05) is 43.3 Å². The minimum Gasteiger partial charge on any atom is -0.507 e. The third-order valence-electron chi connectivity index (χ3n) is 5.93. The van der Waals surface area contributed by atoms with Gasteiger partial charge in [-0.05, 0) is 54.8 Å². The van der Waals surface area contributed by atoms with Crippen LogP contribution in [-0.2, 0) is 0 Å². The summed E-state index contributed by atoms with van der Waals surface area (Å²) in [5.41, 5.74) is 10.4. The van der Waals surface area contributed by atoms with E-state index in [9.17, 15) is 5.11 Å². The largest absolute Gasteiger partial charge is 0.507 e. The molecule has 33 heavy (non-hydrogen) atoms. The Morgan fingerprint density at radius 1 is 0.485 bits per heavy atom. The van der Waals surface area contributed by atoms with Crippen LogP contribution in [-0.4, -0.2) is 10.1 Å². The van der Waals surface area contributed by atoms with Crippen LogP contribution < -0.4 is 0 Å². The van der Waals surface area contributed by atoms with E-state index >= 15 is 0 Å². The zero-order chi connectivity index (χ0) is 22.8. The van der Waals surface area contributed by atoms with Gasteiger partial charge in [0.15, 0.2) is 0 Å². The Labute approximate surface area is 194 Å². The molecular formula is C31H25NO. The van der Waals surface area contributed by atoms with Crippen molar-refractivity contribution in [3.05, 3.63) is 120 Å². The van der Waals surface area contributed by atoms with Crippen LogP contribution in [0.25, 0.3) is 44.8 Å². The predicted molar refractivity (Wildman–Crippen MR) is 137 cm³/mol. The number of phenols is 1. The first-order chi connectivity index (χ1) is 16.1. The molecule has 1 heterocycles. The van der Waals surface area contributed by atoms with Gasteiger partial charge in [0, 0.05) is 16.7 Å². The van der Waals surface area contributed by atoms with Gasteiger partial charge in [-0.2, -0.15) is 0 Å². The molecule has 160 valence electrons. The van der Waals surface area contributed by atoms with Gasteiger partial charge in [-0.15, -0.1) is 0 Å². The minimum absolute atomic E-state index is 0.272. The van der Waals surface area contributed by atoms with Crippen molar-refractivity contribution < 1.29 is 5.11 Å². The number of aromatic nitrogens is 1. The van der Waals surface area contributed by atoms with E-state index in [1.165, 1.54) is 11.1 Å². The zero-order valence-electron chi connectivity index (χ0n) is 18.8. The van der Waals surface area contributed by atoms with Gasteiger partial charge in [0.25, 0.3) is 0 Å². The second kappa shape index (κ2) is 8.76. The summed E-state index contributed by atoms with van der Waals surface area (Å²) >= 11 is 0. The Morgan fingerprint density at radius 3 is 1.76 bits per heavy atom. The molecule has 4 aromatic carbocycles. The molecule has 0 atom stereocenters. The van der Waals surface area contributed by atoms with E-state index in [-0.39, 0.29) is 5.75 Å². The van der Waals surface area contributed by atoms with Gasteiger partial charge in [0.1, 0.15) is 5.75 Å². The summed E-state index contributed by atoms with van der Waals surface area (Å²) in [6.07, 6.45) is 0. The lowest BCUT2D eigenvalue weighted by atomic mass is 9.94. The maximum absolute atomic E-state index is 10.6. The fourth-order valence-electron chi connectivity index (χ4n) is 4.31. The number of nitrogens with zero attached hydrogens (tertiary/aromatic N) is 1. The third-order valence-corrected chi connectivity index (χ3v) is 5.93. The van der Waals surface area contributed by atoms with Crippen LogP contribution in [0.4, 0.5) is 0 Å². The minimum atomic E-state index is 0.272. The van der Waals surface area contributed by atoms with Gasteiger partial charge in [-0.25, -0.2) is 4.98 Å². The fourth-order valence-corrected chi connectivity index (χ4v) is 4.31. The first kappa shape index (κ1) is 20.7. The topological polar surface area (TPSA) is 33.1 Å². The lowest BCUT2D eigenvalue weighted by molar-refractivity contribution is 0.477. The Bertz CT molecular complexity index is 1450. The van der Waals surface area contributed by atoms with Crippen molar-refractivity contribution in [2.24, 2.45) is 0 Å². The highest BCUT2D eigenvalue weighted by Gasteiger charge is 2.14. The molecular weight excluding hydrogens is 402 g/mol. The van der Waals surface area contributed by atoms with E-state index in [2.05, 4.69) is 73.7 Å². The number of aromatic hydroxyl groups is 1. The molecule has 0 radical (unpaired) electrons. The van der Waals surface area contributed by atoms with E-state index < -0.39 is 0 Å². The van der Waals surface area contributed by atoms with Crippen molar-refractivity contribution >= 4 is 0 Å². The van der Waals surface area contributed by atoms with E-state index in [1.54, 1.807) is 6.07 Å². The third kappa shape index (κ3) is 4.16. The second-order valence-corrected chi connectivity index (χ2v) is 8.39. The molecule has 0 aliphatic carbocycles. The van der Waals surface area contributed by atoms with E-state index in [4.69, 9.17) is 4.98 Å². The summed E-state index contributed by atoms with van der Waals surface area (Å²) in [6.45, 7) is 4.15. The van der Waals surface area contributed by atoms with Gasteiger partial charge in [0.2, 0.25) is 0 Å². The number of benzene rings is 4. The molecule has 0 saturated heterocycles. The molecule has 0 bridgehead atoms. The number of phenolic OH excluding ortho intramolecular Hbond substituents is 1. The van der Waals surface area contributed by atoms with Crippen molar-refractivity contribution in [3.63, 3.8) is 0 Å². The second-order valence-electron chi connectivity index (χ2n) is 8.39. The van der Waals surface area contributed by atoms with Crippen LogP contribution in [0.1, 0.15) is 11.1 Å². The molecule has 2 heteroatoms. The standard InChI is InChI=1S/C31H25NO/c1-21-9-7-10-23(19-21)24-11-3-5-13-26(24)29-15-8-16-30(32-29)27-14-6-4-12-25(27)28-20-22(2)17-18-31(28)33/h3-20,33H,1-2H3. The van der Waals surface area contributed by atoms with Gasteiger partial charge >= 0.3 is 0 Å². The molecule has 0 spiro atoms. The highest BCUT2D eigenvalue weighted by Crippen LogP contribution is 2.38. The number of aryl methyl sites for hydroxylation is 2. The maximum atomic E-state index is 10.6. The Balaban J connectivity index is 1.65. The molecule has 5 aromatic rings. The van der Waals surface area contributed by atoms with E-state index in [0.29, 0.717) is 0 Å². The zero-order valence-corrected chi connectivity index (χ0v) is 18.8. The average molecular weight is 428 g/mol. The van der Waals surface area contributed by atoms with E-state index in [0.717, 1.165) is 44.8 Å². The number of hydrogen-bond acceptors (Lipinski definition) is 2. The molecule has 0 aliphatic rings. The van der Waals surface area contributed by atoms with Gasteiger partial charge in [0.05, 0.1) is 11.4 Å². The Morgan fingerprint density at radius 2 is 1.06 bits per heavy atom. The van der Waals surface area contributed by atoms with Crippen molar-refractivity contribution in [2.75, 3.05) is 0 Å². The number of pyridine rings is 1. The summed E-state index contributed by atoms with van der Waals surface area (Å²) < 4.78 is 0. The fraction of sp³-hybridized carbons (Fsp3) is 0.0645. The molecule has 0 saturated carbocycles. The van der Waals surface area contributed by atoms with Gasteiger partial charge in [-0.3, -0.25) is 0 Å². The van der Waals surface area contributed by atoms with Crippen LogP contribution in [0.2, 0.25) is 0 Å². The monoisotopic (exact) mass is 427 g/mol. The first-order valence-corrected chi connectivity index (χ1v) is 11.1. The van der Waals surface area contributed by atoms with Crippen LogP contribution in [0.5, 0.6) is 5.75 Å². The van der Waals surface area contributed by atoms with Gasteiger partial charge in [-0.1, -0.05) is 96.1 Å². The average Bonchev–Trinajstić information content (AvgIpc) is 2.86. The summed E-state index contributed by atoms with van der Waals surface area (Å²) in [5.74, 6) is 0.272. The van der Waals surface area contributed by atoms with Crippen molar-refractivity contribution in [1.29, 1.82) is 0 Å².